The number of hydrogen-bond donors (Lipinski definition) is 2. The van der Waals surface area contributed by atoms with Gasteiger partial charge in [-0.1, -0.05) is 37.3 Å². The van der Waals surface area contributed by atoms with Crippen LogP contribution in [0.15, 0.2) is 48.7 Å². The molecule has 8 heteroatoms. The SMILES string of the molecule is CCCOCCS(=O)(=O)N1CCC(c2c[nH]c3c(CC(N)=O)cc(-c4ccccc4)cc23)CC1. The Kier molecular flexibility index (Phi) is 7.70. The van der Waals surface area contributed by atoms with Crippen molar-refractivity contribution in [3.8, 4) is 11.1 Å². The zero-order chi connectivity index (χ0) is 24.1. The quantitative estimate of drug-likeness (QED) is 0.428. The number of aromatic nitrogens is 1. The molecule has 3 aromatic rings. The van der Waals surface area contributed by atoms with Crippen molar-refractivity contribution in [1.29, 1.82) is 0 Å². The third-order valence-corrected chi connectivity index (χ3v) is 8.33. The van der Waals surface area contributed by atoms with Gasteiger partial charge in [0.1, 0.15) is 0 Å². The van der Waals surface area contributed by atoms with E-state index < -0.39 is 10.0 Å². The van der Waals surface area contributed by atoms with Gasteiger partial charge in [0.05, 0.1) is 18.8 Å². The minimum absolute atomic E-state index is 0.0294. The molecule has 0 aliphatic carbocycles. The summed E-state index contributed by atoms with van der Waals surface area (Å²) in [6.07, 6.45) is 4.56. The number of fused-ring (bicyclic) bond motifs is 1. The third kappa shape index (κ3) is 5.51. The number of rotatable bonds is 10. The average Bonchev–Trinajstić information content (AvgIpc) is 3.26. The molecule has 0 radical (unpaired) electrons. The van der Waals surface area contributed by atoms with Gasteiger partial charge in [0.2, 0.25) is 15.9 Å². The summed E-state index contributed by atoms with van der Waals surface area (Å²) >= 11 is 0. The number of aromatic amines is 1. The van der Waals surface area contributed by atoms with Gasteiger partial charge in [0.25, 0.3) is 0 Å². The number of primary amides is 1. The lowest BCUT2D eigenvalue weighted by atomic mass is 9.88. The topological polar surface area (TPSA) is 105 Å². The lowest BCUT2D eigenvalue weighted by Gasteiger charge is -2.31. The number of nitrogens with one attached hydrogen (secondary N) is 1. The first-order valence-corrected chi connectivity index (χ1v) is 13.5. The second-order valence-electron chi connectivity index (χ2n) is 8.91. The number of sulfonamides is 1. The second-order valence-corrected chi connectivity index (χ2v) is 11.0. The van der Waals surface area contributed by atoms with E-state index >= 15 is 0 Å². The van der Waals surface area contributed by atoms with Crippen LogP contribution < -0.4 is 5.73 Å². The van der Waals surface area contributed by atoms with Crippen LogP contribution in [-0.4, -0.2) is 55.7 Å². The summed E-state index contributed by atoms with van der Waals surface area (Å²) in [6.45, 7) is 3.83. The van der Waals surface area contributed by atoms with E-state index in [0.29, 0.717) is 19.7 Å². The molecule has 0 bridgehead atoms. The van der Waals surface area contributed by atoms with Gasteiger partial charge < -0.3 is 15.5 Å². The summed E-state index contributed by atoms with van der Waals surface area (Å²) in [5.41, 5.74) is 10.6. The summed E-state index contributed by atoms with van der Waals surface area (Å²) in [6, 6.07) is 14.3. The summed E-state index contributed by atoms with van der Waals surface area (Å²) in [5, 5.41) is 1.08. The number of piperidine rings is 1. The fourth-order valence-corrected chi connectivity index (χ4v) is 6.13. The van der Waals surface area contributed by atoms with Gasteiger partial charge in [-0.3, -0.25) is 4.79 Å². The molecule has 4 rings (SSSR count). The molecule has 0 spiro atoms. The third-order valence-electron chi connectivity index (χ3n) is 6.50. The standard InChI is InChI=1S/C26H33N3O4S/c1-2-12-33-13-14-34(31,32)29-10-8-20(9-11-29)24-18-28-26-22(17-25(27)30)15-21(16-23(24)26)19-6-4-3-5-7-19/h3-7,15-16,18,20,28H,2,8-14,17H2,1H3,(H2,27,30). The van der Waals surface area contributed by atoms with Crippen LogP contribution in [0.3, 0.4) is 0 Å². The minimum Gasteiger partial charge on any atom is -0.380 e. The van der Waals surface area contributed by atoms with E-state index in [1.165, 1.54) is 5.56 Å². The van der Waals surface area contributed by atoms with E-state index in [0.717, 1.165) is 46.9 Å². The highest BCUT2D eigenvalue weighted by molar-refractivity contribution is 7.89. The van der Waals surface area contributed by atoms with Crippen molar-refractivity contribution in [3.05, 3.63) is 59.8 Å². The maximum atomic E-state index is 12.7. The number of nitrogens with two attached hydrogens (primary N) is 1. The Balaban J connectivity index is 1.56. The average molecular weight is 484 g/mol. The van der Waals surface area contributed by atoms with Crippen molar-refractivity contribution in [2.45, 2.75) is 38.5 Å². The Hall–Kier alpha value is -2.68. The number of carbonyl (C=O) groups is 1. The maximum Gasteiger partial charge on any atom is 0.221 e. The molecule has 2 aromatic carbocycles. The largest absolute Gasteiger partial charge is 0.380 e. The first-order chi connectivity index (χ1) is 16.4. The first kappa shape index (κ1) is 24.4. The lowest BCUT2D eigenvalue weighted by Crippen LogP contribution is -2.40. The van der Waals surface area contributed by atoms with Crippen molar-refractivity contribution in [1.82, 2.24) is 9.29 Å². The van der Waals surface area contributed by atoms with Crippen LogP contribution in [0.1, 0.15) is 43.2 Å². The highest BCUT2D eigenvalue weighted by Gasteiger charge is 2.30. The Labute approximate surface area is 201 Å². The van der Waals surface area contributed by atoms with Crippen LogP contribution in [0.5, 0.6) is 0 Å². The van der Waals surface area contributed by atoms with E-state index in [1.54, 1.807) is 4.31 Å². The maximum absolute atomic E-state index is 12.7. The molecule has 182 valence electrons. The van der Waals surface area contributed by atoms with Gasteiger partial charge in [-0.2, -0.15) is 0 Å². The number of benzene rings is 2. The highest BCUT2D eigenvalue weighted by Crippen LogP contribution is 2.37. The highest BCUT2D eigenvalue weighted by atomic mass is 32.2. The molecule has 1 aliphatic rings. The summed E-state index contributed by atoms with van der Waals surface area (Å²) < 4.78 is 32.4. The Morgan fingerprint density at radius 2 is 1.85 bits per heavy atom. The molecule has 0 saturated carbocycles. The number of ether oxygens (including phenoxy) is 1. The molecule has 2 heterocycles. The first-order valence-electron chi connectivity index (χ1n) is 11.9. The molecule has 3 N–H and O–H groups in total. The van der Waals surface area contributed by atoms with Gasteiger partial charge in [-0.05, 0) is 59.6 Å². The zero-order valence-corrected chi connectivity index (χ0v) is 20.4. The molecular formula is C26H33N3O4S. The molecule has 7 nitrogen and oxygen atoms in total. The molecule has 1 aliphatic heterocycles. The molecule has 1 amide bonds. The normalized spacial score (nSPS) is 15.7. The predicted octanol–water partition coefficient (Wildman–Crippen LogP) is 3.80. The van der Waals surface area contributed by atoms with Crippen molar-refractivity contribution in [2.75, 3.05) is 32.1 Å². The van der Waals surface area contributed by atoms with Crippen LogP contribution in [0.25, 0.3) is 22.0 Å². The second kappa shape index (κ2) is 10.7. The minimum atomic E-state index is -3.31. The number of carbonyl (C=O) groups excluding carboxylic acids is 1. The fourth-order valence-electron chi connectivity index (χ4n) is 4.77. The van der Waals surface area contributed by atoms with E-state index in [9.17, 15) is 13.2 Å². The fraction of sp³-hybridized carbons (Fsp3) is 0.423. The summed E-state index contributed by atoms with van der Waals surface area (Å²) in [7, 11) is -3.31. The van der Waals surface area contributed by atoms with Crippen molar-refractivity contribution < 1.29 is 17.9 Å². The molecule has 1 aromatic heterocycles. The van der Waals surface area contributed by atoms with Crippen LogP contribution in [0.2, 0.25) is 0 Å². The van der Waals surface area contributed by atoms with Gasteiger partial charge in [0.15, 0.2) is 0 Å². The van der Waals surface area contributed by atoms with Gasteiger partial charge in [-0.25, -0.2) is 12.7 Å². The molecular weight excluding hydrogens is 450 g/mol. The van der Waals surface area contributed by atoms with Crippen molar-refractivity contribution >= 4 is 26.8 Å². The lowest BCUT2D eigenvalue weighted by molar-refractivity contribution is -0.117. The summed E-state index contributed by atoms with van der Waals surface area (Å²) in [5.74, 6) is -0.102. The summed E-state index contributed by atoms with van der Waals surface area (Å²) in [4.78, 5) is 15.1. The molecule has 0 unspecified atom stereocenters. The van der Waals surface area contributed by atoms with E-state index in [-0.39, 0.29) is 30.6 Å². The number of nitrogens with zero attached hydrogens (tertiary/aromatic N) is 1. The van der Waals surface area contributed by atoms with E-state index in [1.807, 2.05) is 37.4 Å². The number of H-pyrrole nitrogens is 1. The van der Waals surface area contributed by atoms with Crippen LogP contribution in [0, 0.1) is 0 Å². The van der Waals surface area contributed by atoms with Gasteiger partial charge in [-0.15, -0.1) is 0 Å². The van der Waals surface area contributed by atoms with Crippen LogP contribution in [-0.2, 0) is 26.0 Å². The Morgan fingerprint density at radius 3 is 2.53 bits per heavy atom. The zero-order valence-electron chi connectivity index (χ0n) is 19.6. The van der Waals surface area contributed by atoms with Gasteiger partial charge in [0, 0.05) is 36.8 Å². The van der Waals surface area contributed by atoms with E-state index in [2.05, 4.69) is 23.2 Å². The van der Waals surface area contributed by atoms with Crippen LogP contribution in [0.4, 0.5) is 0 Å². The number of amides is 1. The predicted molar refractivity (Wildman–Crippen MR) is 135 cm³/mol. The molecule has 0 atom stereocenters. The van der Waals surface area contributed by atoms with Gasteiger partial charge >= 0.3 is 0 Å². The molecule has 1 saturated heterocycles. The Bertz CT molecular complexity index is 1230. The molecule has 1 fully saturated rings. The Morgan fingerprint density at radius 1 is 1.12 bits per heavy atom. The smallest absolute Gasteiger partial charge is 0.221 e. The molecule has 34 heavy (non-hydrogen) atoms. The monoisotopic (exact) mass is 483 g/mol. The van der Waals surface area contributed by atoms with E-state index in [4.69, 9.17) is 10.5 Å². The number of hydrogen-bond acceptors (Lipinski definition) is 4. The van der Waals surface area contributed by atoms with Crippen LogP contribution >= 0.6 is 0 Å². The van der Waals surface area contributed by atoms with Crippen molar-refractivity contribution in [2.24, 2.45) is 5.73 Å². The van der Waals surface area contributed by atoms with Crippen molar-refractivity contribution in [3.63, 3.8) is 0 Å².